The molecule has 4 saturated carbocycles. The molecule has 0 saturated heterocycles. The summed E-state index contributed by atoms with van der Waals surface area (Å²) in [5, 5.41) is 9.36. The maximum absolute atomic E-state index is 11.4. The molecule has 4 fully saturated rings. The zero-order valence-electron chi connectivity index (χ0n) is 23.6. The number of hydrogen-bond acceptors (Lipinski definition) is 1. The number of carboxylic acids is 1. The summed E-state index contributed by atoms with van der Waals surface area (Å²) in [6.45, 7) is 15.7. The maximum atomic E-state index is 11.4. The van der Waals surface area contributed by atoms with Crippen LogP contribution in [0.5, 0.6) is 0 Å². The van der Waals surface area contributed by atoms with Crippen molar-refractivity contribution in [3.63, 3.8) is 0 Å². The highest BCUT2D eigenvalue weighted by molar-refractivity contribution is 5.88. The molecule has 8 atom stereocenters. The quantitative estimate of drug-likeness (QED) is 0.450. The predicted octanol–water partition coefficient (Wildman–Crippen LogP) is 9.25. The van der Waals surface area contributed by atoms with Gasteiger partial charge in [0.1, 0.15) is 0 Å². The Morgan fingerprint density at radius 3 is 2.19 bits per heavy atom. The molecule has 36 heavy (non-hydrogen) atoms. The third-order valence-electron chi connectivity index (χ3n) is 13.8. The Hall–Kier alpha value is -1.57. The monoisotopic (exact) mass is 488 g/mol. The molecule has 1 N–H and O–H groups in total. The van der Waals surface area contributed by atoms with Crippen LogP contribution in [0.25, 0.3) is 5.57 Å². The van der Waals surface area contributed by atoms with E-state index in [4.69, 9.17) is 0 Å². The highest BCUT2D eigenvalue weighted by atomic mass is 16.4. The molecule has 196 valence electrons. The Labute approximate surface area is 219 Å². The molecule has 2 heteroatoms. The van der Waals surface area contributed by atoms with Crippen molar-refractivity contribution in [1.29, 1.82) is 0 Å². The molecule has 1 aromatic rings. The van der Waals surface area contributed by atoms with Crippen molar-refractivity contribution in [3.8, 4) is 0 Å². The van der Waals surface area contributed by atoms with E-state index in [1.54, 1.807) is 12.1 Å². The Kier molecular flexibility index (Phi) is 5.32. The summed E-state index contributed by atoms with van der Waals surface area (Å²) < 4.78 is 0. The van der Waals surface area contributed by atoms with E-state index in [-0.39, 0.29) is 5.41 Å². The average Bonchev–Trinajstić information content (AvgIpc) is 3.21. The minimum atomic E-state index is -0.845. The number of fused-ring (bicyclic) bond motifs is 7. The van der Waals surface area contributed by atoms with Crippen LogP contribution < -0.4 is 0 Å². The summed E-state index contributed by atoms with van der Waals surface area (Å²) in [7, 11) is 0. The first-order valence-corrected chi connectivity index (χ1v) is 14.9. The topological polar surface area (TPSA) is 37.3 Å². The molecule has 0 spiro atoms. The third-order valence-corrected chi connectivity index (χ3v) is 13.8. The minimum Gasteiger partial charge on any atom is -0.478 e. The first-order valence-electron chi connectivity index (χ1n) is 14.9. The van der Waals surface area contributed by atoms with E-state index in [9.17, 15) is 9.90 Å². The second kappa shape index (κ2) is 7.73. The fourth-order valence-corrected chi connectivity index (χ4v) is 11.8. The van der Waals surface area contributed by atoms with Crippen molar-refractivity contribution in [2.75, 3.05) is 0 Å². The molecule has 2 nitrogen and oxygen atoms in total. The van der Waals surface area contributed by atoms with Crippen molar-refractivity contribution in [2.45, 2.75) is 106 Å². The number of aromatic carboxylic acids is 1. The van der Waals surface area contributed by atoms with Crippen molar-refractivity contribution in [3.05, 3.63) is 41.5 Å². The Morgan fingerprint density at radius 1 is 0.778 bits per heavy atom. The highest BCUT2D eigenvalue weighted by Gasteiger charge is 2.68. The standard InChI is InChI=1S/C34H48O2/c1-30(2)24(22-9-11-23(12-10-22)29(35)36)15-18-32(4)27(30)16-19-34(6)28(32)14-13-26-25-8-7-17-31(25,3)20-21-33(26,34)5/h9-12,15,25-28H,7-8,13-14,16-21H2,1-6H3,(H,35,36)/t25?,26-,27?,28?,31-,32+,33-,34-/m1/s1. The van der Waals surface area contributed by atoms with Gasteiger partial charge in [0.05, 0.1) is 5.56 Å². The van der Waals surface area contributed by atoms with Gasteiger partial charge in [0.25, 0.3) is 0 Å². The summed E-state index contributed by atoms with van der Waals surface area (Å²) in [6, 6.07) is 7.64. The summed E-state index contributed by atoms with van der Waals surface area (Å²) in [6.07, 6.45) is 16.6. The van der Waals surface area contributed by atoms with Crippen LogP contribution >= 0.6 is 0 Å². The Balaban J connectivity index is 1.35. The van der Waals surface area contributed by atoms with E-state index in [0.29, 0.717) is 33.1 Å². The first kappa shape index (κ1) is 24.7. The largest absolute Gasteiger partial charge is 0.478 e. The van der Waals surface area contributed by atoms with Gasteiger partial charge in [0.2, 0.25) is 0 Å². The maximum Gasteiger partial charge on any atom is 0.335 e. The molecule has 0 radical (unpaired) electrons. The average molecular weight is 489 g/mol. The van der Waals surface area contributed by atoms with Crippen LogP contribution in [0, 0.1) is 50.7 Å². The molecule has 0 aromatic heterocycles. The lowest BCUT2D eigenvalue weighted by Gasteiger charge is -2.72. The molecular weight excluding hydrogens is 440 g/mol. The lowest BCUT2D eigenvalue weighted by Crippen LogP contribution is -2.64. The number of rotatable bonds is 2. The number of carboxylic acid groups (broad SMARTS) is 1. The van der Waals surface area contributed by atoms with Crippen LogP contribution in [0.1, 0.15) is 122 Å². The van der Waals surface area contributed by atoms with Crippen LogP contribution in [0.2, 0.25) is 0 Å². The van der Waals surface area contributed by atoms with Gasteiger partial charge < -0.3 is 5.11 Å². The summed E-state index contributed by atoms with van der Waals surface area (Å²) >= 11 is 0. The van der Waals surface area contributed by atoms with Gasteiger partial charge in [-0.05, 0) is 132 Å². The van der Waals surface area contributed by atoms with E-state index in [2.05, 4.69) is 47.6 Å². The van der Waals surface area contributed by atoms with Crippen LogP contribution in [-0.2, 0) is 0 Å². The van der Waals surface area contributed by atoms with Gasteiger partial charge in [-0.1, -0.05) is 66.2 Å². The van der Waals surface area contributed by atoms with Gasteiger partial charge >= 0.3 is 5.97 Å². The normalized spacial score (nSPS) is 47.1. The van der Waals surface area contributed by atoms with Gasteiger partial charge in [0, 0.05) is 0 Å². The van der Waals surface area contributed by atoms with Crippen molar-refractivity contribution in [2.24, 2.45) is 50.7 Å². The molecule has 5 aliphatic rings. The van der Waals surface area contributed by atoms with E-state index in [0.717, 1.165) is 17.8 Å². The van der Waals surface area contributed by atoms with Crippen molar-refractivity contribution in [1.82, 2.24) is 0 Å². The molecular formula is C34H48O2. The van der Waals surface area contributed by atoms with Gasteiger partial charge in [-0.25, -0.2) is 4.79 Å². The highest BCUT2D eigenvalue weighted by Crippen LogP contribution is 2.76. The summed E-state index contributed by atoms with van der Waals surface area (Å²) in [5.41, 5.74) is 5.00. The van der Waals surface area contributed by atoms with E-state index >= 15 is 0 Å². The summed E-state index contributed by atoms with van der Waals surface area (Å²) in [4.78, 5) is 11.4. The lowest BCUT2D eigenvalue weighted by atomic mass is 9.33. The Morgan fingerprint density at radius 2 is 1.50 bits per heavy atom. The molecule has 0 bridgehead atoms. The van der Waals surface area contributed by atoms with Crippen LogP contribution in [0.15, 0.2) is 30.3 Å². The third kappa shape index (κ3) is 3.05. The zero-order valence-corrected chi connectivity index (χ0v) is 23.6. The molecule has 0 heterocycles. The van der Waals surface area contributed by atoms with Crippen molar-refractivity contribution >= 4 is 11.5 Å². The first-order chi connectivity index (χ1) is 16.9. The van der Waals surface area contributed by atoms with Crippen molar-refractivity contribution < 1.29 is 9.90 Å². The number of benzene rings is 1. The van der Waals surface area contributed by atoms with Crippen LogP contribution in [-0.4, -0.2) is 11.1 Å². The van der Waals surface area contributed by atoms with Crippen LogP contribution in [0.4, 0.5) is 0 Å². The number of allylic oxidation sites excluding steroid dienone is 2. The van der Waals surface area contributed by atoms with Gasteiger partial charge in [-0.3, -0.25) is 0 Å². The lowest BCUT2D eigenvalue weighted by molar-refractivity contribution is -0.221. The number of hydrogen-bond donors (Lipinski definition) is 1. The molecule has 0 aliphatic heterocycles. The second-order valence-electron chi connectivity index (χ2n) is 15.2. The van der Waals surface area contributed by atoms with E-state index < -0.39 is 5.97 Å². The molecule has 5 aliphatic carbocycles. The molecule has 0 amide bonds. The second-order valence-corrected chi connectivity index (χ2v) is 15.2. The fourth-order valence-electron chi connectivity index (χ4n) is 11.8. The SMILES string of the molecule is CC1(C)C(c2ccc(C(=O)O)cc2)=CC[C@@]2(C)C1CC[C@]1(C)C2CC[C@@H]2C3CCC[C@]3(C)CC[C@]21C. The van der Waals surface area contributed by atoms with Crippen LogP contribution in [0.3, 0.4) is 0 Å². The zero-order chi connectivity index (χ0) is 25.7. The smallest absolute Gasteiger partial charge is 0.335 e. The molecule has 3 unspecified atom stereocenters. The predicted molar refractivity (Wildman–Crippen MR) is 148 cm³/mol. The van der Waals surface area contributed by atoms with E-state index in [1.165, 1.54) is 75.3 Å². The Bertz CT molecular complexity index is 1100. The number of carbonyl (C=O) groups is 1. The molecule has 1 aromatic carbocycles. The van der Waals surface area contributed by atoms with Gasteiger partial charge in [-0.2, -0.15) is 0 Å². The summed E-state index contributed by atoms with van der Waals surface area (Å²) in [5.74, 6) is 2.51. The molecule has 6 rings (SSSR count). The fraction of sp³-hybridized carbons (Fsp3) is 0.735. The van der Waals surface area contributed by atoms with E-state index in [1.807, 2.05) is 12.1 Å². The minimum absolute atomic E-state index is 0.0907. The van der Waals surface area contributed by atoms with Gasteiger partial charge in [-0.15, -0.1) is 0 Å². The van der Waals surface area contributed by atoms with Gasteiger partial charge in [0.15, 0.2) is 0 Å².